The number of carbonyl (C=O) groups excluding carboxylic acids is 2. The Morgan fingerprint density at radius 1 is 1.41 bits per heavy atom. The van der Waals surface area contributed by atoms with Crippen LogP contribution in [0.15, 0.2) is 0 Å². The molecule has 2 atom stereocenters. The minimum absolute atomic E-state index is 0.00924. The van der Waals surface area contributed by atoms with Gasteiger partial charge in [0.15, 0.2) is 0 Å². The SMILES string of the molecule is CCN(C[C@H]1CCCN(C(=O)[C@H](C)N)C1)C(=O)OC(C)(C)C. The van der Waals surface area contributed by atoms with Crippen LogP contribution in [0.3, 0.4) is 0 Å². The fourth-order valence-corrected chi connectivity index (χ4v) is 2.67. The number of rotatable bonds is 4. The topological polar surface area (TPSA) is 75.9 Å². The van der Waals surface area contributed by atoms with Crippen LogP contribution in [0.25, 0.3) is 0 Å². The van der Waals surface area contributed by atoms with Crippen LogP contribution in [0, 0.1) is 5.92 Å². The molecule has 0 aliphatic carbocycles. The van der Waals surface area contributed by atoms with E-state index in [9.17, 15) is 9.59 Å². The lowest BCUT2D eigenvalue weighted by Crippen LogP contribution is -2.49. The van der Waals surface area contributed by atoms with Crippen molar-refractivity contribution < 1.29 is 14.3 Å². The highest BCUT2D eigenvalue weighted by atomic mass is 16.6. The summed E-state index contributed by atoms with van der Waals surface area (Å²) in [5.74, 6) is 0.272. The summed E-state index contributed by atoms with van der Waals surface area (Å²) >= 11 is 0. The molecule has 1 saturated heterocycles. The van der Waals surface area contributed by atoms with Gasteiger partial charge in [-0.1, -0.05) is 0 Å². The third-order valence-corrected chi connectivity index (χ3v) is 3.73. The van der Waals surface area contributed by atoms with E-state index in [2.05, 4.69) is 0 Å². The van der Waals surface area contributed by atoms with Crippen LogP contribution in [-0.2, 0) is 9.53 Å². The van der Waals surface area contributed by atoms with Crippen molar-refractivity contribution in [3.05, 3.63) is 0 Å². The van der Waals surface area contributed by atoms with E-state index in [0.29, 0.717) is 19.6 Å². The molecule has 6 heteroatoms. The molecule has 1 aliphatic heterocycles. The van der Waals surface area contributed by atoms with Crippen LogP contribution in [0.5, 0.6) is 0 Å². The predicted molar refractivity (Wildman–Crippen MR) is 86.4 cm³/mol. The Hall–Kier alpha value is -1.30. The minimum atomic E-state index is -0.492. The van der Waals surface area contributed by atoms with E-state index in [0.717, 1.165) is 19.4 Å². The van der Waals surface area contributed by atoms with Crippen molar-refractivity contribution >= 4 is 12.0 Å². The predicted octanol–water partition coefficient (Wildman–Crippen LogP) is 1.83. The standard InChI is InChI=1S/C16H31N3O3/c1-6-18(15(21)22-16(3,4)5)10-13-8-7-9-19(11-13)14(20)12(2)17/h12-13H,6-11,17H2,1-5H3/t12-,13+/m0/s1. The van der Waals surface area contributed by atoms with E-state index in [1.165, 1.54) is 0 Å². The van der Waals surface area contributed by atoms with E-state index in [1.807, 2.05) is 32.6 Å². The van der Waals surface area contributed by atoms with E-state index in [-0.39, 0.29) is 17.9 Å². The lowest BCUT2D eigenvalue weighted by atomic mass is 9.97. The van der Waals surface area contributed by atoms with Crippen LogP contribution >= 0.6 is 0 Å². The minimum Gasteiger partial charge on any atom is -0.444 e. The first-order valence-electron chi connectivity index (χ1n) is 8.16. The van der Waals surface area contributed by atoms with E-state index in [4.69, 9.17) is 10.5 Å². The zero-order valence-electron chi connectivity index (χ0n) is 14.6. The van der Waals surface area contributed by atoms with Gasteiger partial charge >= 0.3 is 6.09 Å². The smallest absolute Gasteiger partial charge is 0.410 e. The van der Waals surface area contributed by atoms with Crippen LogP contribution in [0.1, 0.15) is 47.5 Å². The van der Waals surface area contributed by atoms with E-state index < -0.39 is 11.6 Å². The average molecular weight is 313 g/mol. The number of nitrogens with two attached hydrogens (primary N) is 1. The summed E-state index contributed by atoms with van der Waals surface area (Å²) in [4.78, 5) is 27.7. The second-order valence-corrected chi connectivity index (χ2v) is 7.10. The number of hydrogen-bond donors (Lipinski definition) is 1. The summed E-state index contributed by atoms with van der Waals surface area (Å²) in [5.41, 5.74) is 5.19. The van der Waals surface area contributed by atoms with Gasteiger partial charge in [-0.15, -0.1) is 0 Å². The maximum atomic E-state index is 12.2. The molecular formula is C16H31N3O3. The number of ether oxygens (including phenoxy) is 1. The molecule has 0 aromatic carbocycles. The Morgan fingerprint density at radius 3 is 2.55 bits per heavy atom. The summed E-state index contributed by atoms with van der Waals surface area (Å²) in [5, 5.41) is 0. The molecule has 1 heterocycles. The molecule has 0 saturated carbocycles. The summed E-state index contributed by atoms with van der Waals surface area (Å²) < 4.78 is 5.43. The van der Waals surface area contributed by atoms with Crippen molar-refractivity contribution in [3.8, 4) is 0 Å². The van der Waals surface area contributed by atoms with Gasteiger partial charge in [-0.2, -0.15) is 0 Å². The highest BCUT2D eigenvalue weighted by Crippen LogP contribution is 2.19. The second-order valence-electron chi connectivity index (χ2n) is 7.10. The van der Waals surface area contributed by atoms with Crippen LogP contribution in [0.4, 0.5) is 4.79 Å². The maximum absolute atomic E-state index is 12.2. The first-order valence-corrected chi connectivity index (χ1v) is 8.16. The van der Waals surface area contributed by atoms with Crippen LogP contribution in [-0.4, -0.2) is 59.6 Å². The molecule has 0 radical (unpaired) electrons. The zero-order chi connectivity index (χ0) is 16.9. The van der Waals surface area contributed by atoms with Crippen molar-refractivity contribution in [1.82, 2.24) is 9.80 Å². The fraction of sp³-hybridized carbons (Fsp3) is 0.875. The Labute approximate surface area is 134 Å². The van der Waals surface area contributed by atoms with Crippen LogP contribution < -0.4 is 5.73 Å². The molecule has 0 aromatic rings. The van der Waals surface area contributed by atoms with Crippen LogP contribution in [0.2, 0.25) is 0 Å². The van der Waals surface area contributed by atoms with Gasteiger partial charge in [0.2, 0.25) is 5.91 Å². The molecule has 2 amide bonds. The quantitative estimate of drug-likeness (QED) is 0.859. The van der Waals surface area contributed by atoms with Crippen molar-refractivity contribution in [1.29, 1.82) is 0 Å². The van der Waals surface area contributed by atoms with Gasteiger partial charge in [-0.3, -0.25) is 4.79 Å². The number of amides is 2. The first kappa shape index (κ1) is 18.7. The molecule has 1 rings (SSSR count). The fourth-order valence-electron chi connectivity index (χ4n) is 2.67. The molecule has 22 heavy (non-hydrogen) atoms. The first-order chi connectivity index (χ1) is 10.1. The van der Waals surface area contributed by atoms with Crippen molar-refractivity contribution in [2.75, 3.05) is 26.2 Å². The largest absolute Gasteiger partial charge is 0.444 e. The summed E-state index contributed by atoms with van der Waals surface area (Å²) in [6.07, 6.45) is 1.68. The van der Waals surface area contributed by atoms with Gasteiger partial charge in [0, 0.05) is 26.2 Å². The lowest BCUT2D eigenvalue weighted by molar-refractivity contribution is -0.134. The van der Waals surface area contributed by atoms with Crippen molar-refractivity contribution in [3.63, 3.8) is 0 Å². The number of carbonyl (C=O) groups is 2. The second kappa shape index (κ2) is 7.81. The molecule has 0 aromatic heterocycles. The maximum Gasteiger partial charge on any atom is 0.410 e. The third-order valence-electron chi connectivity index (χ3n) is 3.73. The normalized spacial score (nSPS) is 20.5. The van der Waals surface area contributed by atoms with Crippen molar-refractivity contribution in [2.24, 2.45) is 11.7 Å². The van der Waals surface area contributed by atoms with Gasteiger partial charge in [-0.25, -0.2) is 4.79 Å². The summed E-state index contributed by atoms with van der Waals surface area (Å²) in [6, 6.07) is -0.466. The van der Waals surface area contributed by atoms with E-state index in [1.54, 1.807) is 11.8 Å². The van der Waals surface area contributed by atoms with Gasteiger partial charge in [0.1, 0.15) is 5.60 Å². The van der Waals surface area contributed by atoms with Gasteiger partial charge in [0.25, 0.3) is 0 Å². The monoisotopic (exact) mass is 313 g/mol. The highest BCUT2D eigenvalue weighted by molar-refractivity contribution is 5.81. The molecule has 128 valence electrons. The molecule has 1 fully saturated rings. The van der Waals surface area contributed by atoms with Gasteiger partial charge < -0.3 is 20.3 Å². The summed E-state index contributed by atoms with van der Waals surface area (Å²) in [7, 11) is 0. The average Bonchev–Trinajstić information content (AvgIpc) is 2.42. The molecular weight excluding hydrogens is 282 g/mol. The zero-order valence-corrected chi connectivity index (χ0v) is 14.6. The van der Waals surface area contributed by atoms with Gasteiger partial charge in [0.05, 0.1) is 6.04 Å². The Balaban J connectivity index is 2.59. The molecule has 0 spiro atoms. The molecule has 0 bridgehead atoms. The lowest BCUT2D eigenvalue weighted by Gasteiger charge is -2.36. The van der Waals surface area contributed by atoms with Crippen molar-refractivity contribution in [2.45, 2.75) is 59.1 Å². The Kier molecular flexibility index (Phi) is 6.66. The molecule has 0 unspecified atom stereocenters. The number of likely N-dealkylation sites (tertiary alicyclic amines) is 1. The highest BCUT2D eigenvalue weighted by Gasteiger charge is 2.29. The Morgan fingerprint density at radius 2 is 2.05 bits per heavy atom. The molecule has 1 aliphatic rings. The number of nitrogens with zero attached hydrogens (tertiary/aromatic N) is 2. The van der Waals surface area contributed by atoms with Gasteiger partial charge in [-0.05, 0) is 53.4 Å². The molecule has 2 N–H and O–H groups in total. The summed E-state index contributed by atoms with van der Waals surface area (Å²) in [6.45, 7) is 11.9. The third kappa shape index (κ3) is 5.83. The Bertz CT molecular complexity index is 391. The number of hydrogen-bond acceptors (Lipinski definition) is 4. The molecule has 6 nitrogen and oxygen atoms in total. The van der Waals surface area contributed by atoms with E-state index >= 15 is 0 Å². The number of piperidine rings is 1.